The first kappa shape index (κ1) is 11.3. The topological polar surface area (TPSA) is 60.9 Å². The van der Waals surface area contributed by atoms with E-state index in [2.05, 4.69) is 0 Å². The number of nitrogens with zero attached hydrogens (tertiary/aromatic N) is 2. The SMILES string of the molecule is O=S(=O)(N1CCCC1)N1CCC[C@H](O)C1. The molecule has 0 aromatic heterocycles. The number of hydrogen-bond acceptors (Lipinski definition) is 3. The standard InChI is InChI=1S/C9H18N2O3S/c12-9-4-3-7-11(8-9)15(13,14)10-5-1-2-6-10/h9,12H,1-8H2/t9-/m0/s1. The van der Waals surface area contributed by atoms with E-state index in [-0.39, 0.29) is 6.54 Å². The Balaban J connectivity index is 2.07. The number of aliphatic hydroxyl groups is 1. The van der Waals surface area contributed by atoms with Crippen molar-refractivity contribution in [2.24, 2.45) is 0 Å². The predicted octanol–water partition coefficient (Wildman–Crippen LogP) is -0.216. The molecule has 0 amide bonds. The van der Waals surface area contributed by atoms with E-state index in [1.165, 1.54) is 8.61 Å². The van der Waals surface area contributed by atoms with Gasteiger partial charge in [-0.05, 0) is 25.7 Å². The number of β-amino-alcohol motifs (C(OH)–C–C–N with tert-alkyl or cyclic N) is 1. The Morgan fingerprint density at radius 2 is 1.60 bits per heavy atom. The van der Waals surface area contributed by atoms with Crippen LogP contribution in [0.4, 0.5) is 0 Å². The van der Waals surface area contributed by atoms with Crippen molar-refractivity contribution in [3.63, 3.8) is 0 Å². The average molecular weight is 234 g/mol. The lowest BCUT2D eigenvalue weighted by atomic mass is 10.1. The summed E-state index contributed by atoms with van der Waals surface area (Å²) in [5.41, 5.74) is 0. The van der Waals surface area contributed by atoms with Gasteiger partial charge in [0, 0.05) is 26.2 Å². The summed E-state index contributed by atoms with van der Waals surface area (Å²) in [5.74, 6) is 0. The number of rotatable bonds is 2. The third-order valence-electron chi connectivity index (χ3n) is 3.08. The number of aliphatic hydroxyl groups excluding tert-OH is 1. The predicted molar refractivity (Wildman–Crippen MR) is 56.5 cm³/mol. The van der Waals surface area contributed by atoms with Crippen LogP contribution < -0.4 is 0 Å². The number of hydrogen-bond donors (Lipinski definition) is 1. The fourth-order valence-electron chi connectivity index (χ4n) is 2.21. The minimum atomic E-state index is -3.29. The van der Waals surface area contributed by atoms with Gasteiger partial charge in [-0.25, -0.2) is 0 Å². The largest absolute Gasteiger partial charge is 0.392 e. The first-order valence-electron chi connectivity index (χ1n) is 5.54. The van der Waals surface area contributed by atoms with Crippen molar-refractivity contribution in [1.82, 2.24) is 8.61 Å². The second-order valence-corrected chi connectivity index (χ2v) is 6.20. The molecular formula is C9H18N2O3S. The van der Waals surface area contributed by atoms with E-state index in [1.807, 2.05) is 0 Å². The maximum Gasteiger partial charge on any atom is 0.282 e. The zero-order valence-corrected chi connectivity index (χ0v) is 9.62. The van der Waals surface area contributed by atoms with Crippen molar-refractivity contribution >= 4 is 10.2 Å². The molecule has 0 bridgehead atoms. The second kappa shape index (κ2) is 4.37. The van der Waals surface area contributed by atoms with Gasteiger partial charge in [-0.1, -0.05) is 0 Å². The Hall–Kier alpha value is -0.170. The first-order valence-corrected chi connectivity index (χ1v) is 6.94. The quantitative estimate of drug-likeness (QED) is 0.719. The third kappa shape index (κ3) is 2.33. The van der Waals surface area contributed by atoms with Crippen LogP contribution in [0.5, 0.6) is 0 Å². The van der Waals surface area contributed by atoms with Crippen LogP contribution in [0.3, 0.4) is 0 Å². The molecule has 0 radical (unpaired) electrons. The summed E-state index contributed by atoms with van der Waals surface area (Å²) in [6.45, 7) is 2.08. The molecule has 1 atom stereocenters. The van der Waals surface area contributed by atoms with Gasteiger partial charge in [-0.15, -0.1) is 0 Å². The Morgan fingerprint density at radius 3 is 2.20 bits per heavy atom. The molecule has 0 aromatic rings. The van der Waals surface area contributed by atoms with E-state index in [1.54, 1.807) is 0 Å². The Bertz CT molecular complexity index is 311. The highest BCUT2D eigenvalue weighted by molar-refractivity contribution is 7.86. The van der Waals surface area contributed by atoms with E-state index in [4.69, 9.17) is 0 Å². The van der Waals surface area contributed by atoms with Crippen molar-refractivity contribution in [2.45, 2.75) is 31.8 Å². The molecule has 0 spiro atoms. The van der Waals surface area contributed by atoms with E-state index >= 15 is 0 Å². The Labute approximate surface area is 90.9 Å². The van der Waals surface area contributed by atoms with Crippen molar-refractivity contribution in [3.8, 4) is 0 Å². The molecule has 2 saturated heterocycles. The van der Waals surface area contributed by atoms with Crippen LogP contribution in [0.25, 0.3) is 0 Å². The average Bonchev–Trinajstić information content (AvgIpc) is 2.71. The van der Waals surface area contributed by atoms with Crippen LogP contribution in [0.1, 0.15) is 25.7 Å². The van der Waals surface area contributed by atoms with Gasteiger partial charge in [0.1, 0.15) is 0 Å². The highest BCUT2D eigenvalue weighted by Gasteiger charge is 2.34. The molecule has 2 rings (SSSR count). The molecule has 0 aliphatic carbocycles. The maximum absolute atomic E-state index is 12.1. The fourth-order valence-corrected chi connectivity index (χ4v) is 3.98. The molecule has 2 heterocycles. The maximum atomic E-state index is 12.1. The molecule has 2 aliphatic rings. The Kier molecular flexibility index (Phi) is 3.30. The molecule has 0 saturated carbocycles. The molecule has 2 fully saturated rings. The van der Waals surface area contributed by atoms with Crippen LogP contribution in [0.15, 0.2) is 0 Å². The van der Waals surface area contributed by atoms with Gasteiger partial charge >= 0.3 is 0 Å². The summed E-state index contributed by atoms with van der Waals surface area (Å²) >= 11 is 0. The highest BCUT2D eigenvalue weighted by atomic mass is 32.2. The molecule has 1 N–H and O–H groups in total. The molecule has 0 unspecified atom stereocenters. The molecule has 88 valence electrons. The lowest BCUT2D eigenvalue weighted by Crippen LogP contribution is -2.48. The summed E-state index contributed by atoms with van der Waals surface area (Å²) in [7, 11) is -3.29. The van der Waals surface area contributed by atoms with Crippen LogP contribution in [-0.2, 0) is 10.2 Å². The van der Waals surface area contributed by atoms with Gasteiger partial charge in [0.05, 0.1) is 6.10 Å². The van der Waals surface area contributed by atoms with Gasteiger partial charge < -0.3 is 5.11 Å². The molecule has 5 nitrogen and oxygen atoms in total. The molecule has 6 heteroatoms. The zero-order valence-electron chi connectivity index (χ0n) is 8.80. The monoisotopic (exact) mass is 234 g/mol. The van der Waals surface area contributed by atoms with Crippen LogP contribution in [-0.4, -0.2) is 54.4 Å². The van der Waals surface area contributed by atoms with Gasteiger partial charge in [0.25, 0.3) is 10.2 Å². The second-order valence-electron chi connectivity index (χ2n) is 4.27. The fraction of sp³-hybridized carbons (Fsp3) is 1.00. The van der Waals surface area contributed by atoms with E-state index in [0.29, 0.717) is 26.1 Å². The third-order valence-corrected chi connectivity index (χ3v) is 5.08. The van der Waals surface area contributed by atoms with E-state index < -0.39 is 16.3 Å². The van der Waals surface area contributed by atoms with Gasteiger partial charge in [0.2, 0.25) is 0 Å². The van der Waals surface area contributed by atoms with Gasteiger partial charge in [-0.3, -0.25) is 0 Å². The molecule has 15 heavy (non-hydrogen) atoms. The molecular weight excluding hydrogens is 216 g/mol. The van der Waals surface area contributed by atoms with E-state index in [9.17, 15) is 13.5 Å². The van der Waals surface area contributed by atoms with Crippen molar-refractivity contribution in [2.75, 3.05) is 26.2 Å². The minimum absolute atomic E-state index is 0.263. The lowest BCUT2D eigenvalue weighted by Gasteiger charge is -2.32. The minimum Gasteiger partial charge on any atom is -0.392 e. The Morgan fingerprint density at radius 1 is 1.00 bits per heavy atom. The molecule has 2 aliphatic heterocycles. The van der Waals surface area contributed by atoms with Crippen LogP contribution in [0.2, 0.25) is 0 Å². The van der Waals surface area contributed by atoms with Gasteiger partial charge in [0.15, 0.2) is 0 Å². The van der Waals surface area contributed by atoms with Crippen LogP contribution >= 0.6 is 0 Å². The normalized spacial score (nSPS) is 30.9. The summed E-state index contributed by atoms with van der Waals surface area (Å²) in [4.78, 5) is 0. The van der Waals surface area contributed by atoms with Gasteiger partial charge in [-0.2, -0.15) is 17.0 Å². The number of piperidine rings is 1. The van der Waals surface area contributed by atoms with Crippen LogP contribution in [0, 0.1) is 0 Å². The highest BCUT2D eigenvalue weighted by Crippen LogP contribution is 2.20. The lowest BCUT2D eigenvalue weighted by molar-refractivity contribution is 0.105. The summed E-state index contributed by atoms with van der Waals surface area (Å²) in [6.07, 6.45) is 2.89. The van der Waals surface area contributed by atoms with E-state index in [0.717, 1.165) is 19.3 Å². The summed E-state index contributed by atoms with van der Waals surface area (Å²) in [5, 5.41) is 9.46. The van der Waals surface area contributed by atoms with Crippen molar-refractivity contribution in [1.29, 1.82) is 0 Å². The van der Waals surface area contributed by atoms with Crippen molar-refractivity contribution in [3.05, 3.63) is 0 Å². The molecule has 0 aromatic carbocycles. The zero-order chi connectivity index (χ0) is 10.9. The van der Waals surface area contributed by atoms with Crippen molar-refractivity contribution < 1.29 is 13.5 Å². The summed E-state index contributed by atoms with van der Waals surface area (Å²) in [6, 6.07) is 0. The first-order chi connectivity index (χ1) is 7.10. The smallest absolute Gasteiger partial charge is 0.282 e. The summed E-state index contributed by atoms with van der Waals surface area (Å²) < 4.78 is 27.1.